The first-order valence-electron chi connectivity index (χ1n) is 10.0. The largest absolute Gasteiger partial charge is 0.392 e. The van der Waals surface area contributed by atoms with Gasteiger partial charge in [0.05, 0.1) is 6.61 Å². The molecule has 0 saturated carbocycles. The van der Waals surface area contributed by atoms with E-state index in [0.29, 0.717) is 5.56 Å². The second-order valence-corrected chi connectivity index (χ2v) is 8.59. The maximum absolute atomic E-state index is 13.8. The molecule has 3 aromatic rings. The van der Waals surface area contributed by atoms with Crippen LogP contribution < -0.4 is 0 Å². The van der Waals surface area contributed by atoms with Crippen LogP contribution in [0.25, 0.3) is 11.6 Å². The Morgan fingerprint density at radius 3 is 2.23 bits per heavy atom. The molecule has 0 saturated heterocycles. The third kappa shape index (κ3) is 6.28. The molecular formula is C26H26F2OS. The molecule has 0 aliphatic heterocycles. The van der Waals surface area contributed by atoms with Gasteiger partial charge in [-0.05, 0) is 90.1 Å². The van der Waals surface area contributed by atoms with Crippen LogP contribution in [0.2, 0.25) is 0 Å². The Kier molecular flexibility index (Phi) is 7.83. The third-order valence-electron chi connectivity index (χ3n) is 5.07. The number of hydrogen-bond donors (Lipinski definition) is 1. The van der Waals surface area contributed by atoms with Gasteiger partial charge in [0.25, 0.3) is 0 Å². The fourth-order valence-electron chi connectivity index (χ4n) is 3.24. The molecule has 0 amide bonds. The van der Waals surface area contributed by atoms with Gasteiger partial charge in [0, 0.05) is 11.0 Å². The first-order valence-corrected chi connectivity index (χ1v) is 11.0. The Labute approximate surface area is 181 Å². The molecule has 0 spiro atoms. The van der Waals surface area contributed by atoms with E-state index in [0.717, 1.165) is 46.3 Å². The van der Waals surface area contributed by atoms with E-state index in [1.54, 1.807) is 11.8 Å². The van der Waals surface area contributed by atoms with E-state index in [-0.39, 0.29) is 6.61 Å². The lowest BCUT2D eigenvalue weighted by molar-refractivity contribution is 0.282. The van der Waals surface area contributed by atoms with Gasteiger partial charge in [-0.25, -0.2) is 8.78 Å². The quantitative estimate of drug-likeness (QED) is 0.235. The predicted molar refractivity (Wildman–Crippen MR) is 122 cm³/mol. The van der Waals surface area contributed by atoms with Gasteiger partial charge in [0.2, 0.25) is 0 Å². The summed E-state index contributed by atoms with van der Waals surface area (Å²) < 4.78 is 27.7. The average molecular weight is 425 g/mol. The Morgan fingerprint density at radius 1 is 0.900 bits per heavy atom. The number of allylic oxidation sites excluding steroid dienone is 1. The lowest BCUT2D eigenvalue weighted by Gasteiger charge is -2.11. The van der Waals surface area contributed by atoms with Gasteiger partial charge in [-0.3, -0.25) is 0 Å². The monoisotopic (exact) mass is 424 g/mol. The summed E-state index contributed by atoms with van der Waals surface area (Å²) in [7, 11) is 0. The van der Waals surface area contributed by atoms with Gasteiger partial charge in [-0.1, -0.05) is 36.4 Å². The topological polar surface area (TPSA) is 20.2 Å². The number of aryl methyl sites for hydroxylation is 2. The minimum atomic E-state index is -0.561. The normalized spacial score (nSPS) is 11.7. The minimum Gasteiger partial charge on any atom is -0.392 e. The van der Waals surface area contributed by atoms with Crippen LogP contribution in [0.4, 0.5) is 8.78 Å². The second kappa shape index (κ2) is 10.6. The van der Waals surface area contributed by atoms with Crippen molar-refractivity contribution in [2.75, 3.05) is 5.75 Å². The summed E-state index contributed by atoms with van der Waals surface area (Å²) in [6.07, 6.45) is 3.63. The SMILES string of the molecule is Cc1ccc(/C=C(/CCCSc2ccc(CO)cc2)c2cc(F)cc(F)c2)cc1C. The van der Waals surface area contributed by atoms with Gasteiger partial charge in [-0.15, -0.1) is 11.8 Å². The van der Waals surface area contributed by atoms with E-state index >= 15 is 0 Å². The number of aliphatic hydroxyl groups excluding tert-OH is 1. The van der Waals surface area contributed by atoms with Crippen molar-refractivity contribution in [3.8, 4) is 0 Å². The van der Waals surface area contributed by atoms with Crippen molar-refractivity contribution in [3.63, 3.8) is 0 Å². The van der Waals surface area contributed by atoms with Crippen molar-refractivity contribution in [1.29, 1.82) is 0 Å². The van der Waals surface area contributed by atoms with Crippen molar-refractivity contribution in [2.24, 2.45) is 0 Å². The molecule has 3 rings (SSSR count). The molecule has 0 heterocycles. The fourth-order valence-corrected chi connectivity index (χ4v) is 4.09. The van der Waals surface area contributed by atoms with E-state index in [1.165, 1.54) is 23.3 Å². The summed E-state index contributed by atoms with van der Waals surface area (Å²) in [6, 6.07) is 17.8. The lowest BCUT2D eigenvalue weighted by Crippen LogP contribution is -1.92. The first kappa shape index (κ1) is 22.3. The van der Waals surface area contributed by atoms with Crippen molar-refractivity contribution in [1.82, 2.24) is 0 Å². The van der Waals surface area contributed by atoms with Gasteiger partial charge in [0.15, 0.2) is 0 Å². The highest BCUT2D eigenvalue weighted by molar-refractivity contribution is 7.99. The van der Waals surface area contributed by atoms with Gasteiger partial charge in [0.1, 0.15) is 11.6 Å². The third-order valence-corrected chi connectivity index (χ3v) is 6.17. The van der Waals surface area contributed by atoms with Crippen molar-refractivity contribution in [2.45, 2.75) is 38.2 Å². The predicted octanol–water partition coefficient (Wildman–Crippen LogP) is 7.19. The highest BCUT2D eigenvalue weighted by Gasteiger charge is 2.08. The maximum Gasteiger partial charge on any atom is 0.126 e. The fraction of sp³-hybridized carbons (Fsp3) is 0.231. The molecule has 1 nitrogen and oxygen atoms in total. The van der Waals surface area contributed by atoms with Crippen LogP contribution in [0.3, 0.4) is 0 Å². The molecule has 0 radical (unpaired) electrons. The molecule has 3 aromatic carbocycles. The second-order valence-electron chi connectivity index (χ2n) is 7.43. The maximum atomic E-state index is 13.8. The lowest BCUT2D eigenvalue weighted by atomic mass is 9.97. The molecule has 0 unspecified atom stereocenters. The van der Waals surface area contributed by atoms with Crippen LogP contribution in [0.1, 0.15) is 40.7 Å². The van der Waals surface area contributed by atoms with Crippen LogP contribution in [0.5, 0.6) is 0 Å². The molecule has 0 bridgehead atoms. The number of aliphatic hydroxyl groups is 1. The molecule has 156 valence electrons. The van der Waals surface area contributed by atoms with Crippen molar-refractivity contribution < 1.29 is 13.9 Å². The standard InChI is InChI=1S/C26H26F2OS/c1-18-5-6-21(12-19(18)2)13-22(23-14-24(27)16-25(28)15-23)4-3-11-30-26-9-7-20(17-29)8-10-26/h5-10,12-16,29H,3-4,11,17H2,1-2H3/b22-13-. The molecule has 0 fully saturated rings. The molecule has 0 aliphatic rings. The zero-order chi connectivity index (χ0) is 21.5. The zero-order valence-corrected chi connectivity index (χ0v) is 18.1. The molecule has 0 atom stereocenters. The van der Waals surface area contributed by atoms with Crippen LogP contribution >= 0.6 is 11.8 Å². The number of thioether (sulfide) groups is 1. The number of hydrogen-bond acceptors (Lipinski definition) is 2. The van der Waals surface area contributed by atoms with Crippen LogP contribution in [-0.2, 0) is 6.61 Å². The van der Waals surface area contributed by atoms with Crippen LogP contribution in [0.15, 0.2) is 65.6 Å². The molecule has 4 heteroatoms. The van der Waals surface area contributed by atoms with Crippen LogP contribution in [0, 0.1) is 25.5 Å². The van der Waals surface area contributed by atoms with Crippen molar-refractivity contribution in [3.05, 3.63) is 100 Å². The Morgan fingerprint density at radius 2 is 1.60 bits per heavy atom. The molecule has 0 aliphatic carbocycles. The first-order chi connectivity index (χ1) is 14.4. The van der Waals surface area contributed by atoms with Crippen molar-refractivity contribution >= 4 is 23.4 Å². The van der Waals surface area contributed by atoms with Crippen LogP contribution in [-0.4, -0.2) is 10.9 Å². The van der Waals surface area contributed by atoms with Gasteiger partial charge < -0.3 is 5.11 Å². The summed E-state index contributed by atoms with van der Waals surface area (Å²) in [5.74, 6) is -0.232. The minimum absolute atomic E-state index is 0.0434. The Hall–Kier alpha value is -2.43. The summed E-state index contributed by atoms with van der Waals surface area (Å²) in [5.41, 5.74) is 5.84. The molecular weight excluding hydrogens is 398 g/mol. The van der Waals surface area contributed by atoms with Gasteiger partial charge in [-0.2, -0.15) is 0 Å². The van der Waals surface area contributed by atoms with E-state index < -0.39 is 11.6 Å². The highest BCUT2D eigenvalue weighted by Crippen LogP contribution is 2.28. The summed E-state index contributed by atoms with van der Waals surface area (Å²) in [5, 5.41) is 9.14. The summed E-state index contributed by atoms with van der Waals surface area (Å²) in [6.45, 7) is 4.17. The molecule has 0 aromatic heterocycles. The van der Waals surface area contributed by atoms with Gasteiger partial charge >= 0.3 is 0 Å². The average Bonchev–Trinajstić information content (AvgIpc) is 2.72. The molecule has 30 heavy (non-hydrogen) atoms. The molecule has 1 N–H and O–H groups in total. The highest BCUT2D eigenvalue weighted by atomic mass is 32.2. The number of benzene rings is 3. The Balaban J connectivity index is 1.75. The number of rotatable bonds is 8. The summed E-state index contributed by atoms with van der Waals surface area (Å²) in [4.78, 5) is 1.14. The van der Waals surface area contributed by atoms with E-state index in [2.05, 4.69) is 26.0 Å². The van der Waals surface area contributed by atoms with E-state index in [1.807, 2.05) is 36.4 Å². The smallest absolute Gasteiger partial charge is 0.126 e. The Bertz CT molecular complexity index is 1010. The van der Waals surface area contributed by atoms with E-state index in [4.69, 9.17) is 5.11 Å². The number of halogens is 2. The zero-order valence-electron chi connectivity index (χ0n) is 17.3. The van der Waals surface area contributed by atoms with E-state index in [9.17, 15) is 8.78 Å². The summed E-state index contributed by atoms with van der Waals surface area (Å²) >= 11 is 1.74.